The zero-order chi connectivity index (χ0) is 12.4. The minimum absolute atomic E-state index is 0.220. The zero-order valence-corrected chi connectivity index (χ0v) is 10.2. The van der Waals surface area contributed by atoms with Crippen molar-refractivity contribution < 1.29 is 8.78 Å². The molecule has 0 aromatic heterocycles. The van der Waals surface area contributed by atoms with Gasteiger partial charge in [0, 0.05) is 24.5 Å². The number of hydrogen-bond acceptors (Lipinski definition) is 2. The maximum atomic E-state index is 12.3. The van der Waals surface area contributed by atoms with Crippen molar-refractivity contribution in [2.24, 2.45) is 0 Å². The molecule has 1 aliphatic rings. The summed E-state index contributed by atoms with van der Waals surface area (Å²) >= 11 is 0. The van der Waals surface area contributed by atoms with Crippen molar-refractivity contribution in [3.63, 3.8) is 0 Å². The summed E-state index contributed by atoms with van der Waals surface area (Å²) in [5.74, 6) is 0. The highest BCUT2D eigenvalue weighted by Crippen LogP contribution is 2.28. The Kier molecular flexibility index (Phi) is 3.50. The molecule has 1 aliphatic heterocycles. The Morgan fingerprint density at radius 3 is 2.94 bits per heavy atom. The van der Waals surface area contributed by atoms with Crippen molar-refractivity contribution >= 4 is 11.4 Å². The standard InChI is InChI=1S/C13H18F2N2/c1-9-3-4-10-7-11(5-6-12(10)16-9)17(2)8-13(14)15/h5-7,9,13,16H,3-4,8H2,1-2H3. The van der Waals surface area contributed by atoms with Crippen molar-refractivity contribution in [2.75, 3.05) is 23.8 Å². The van der Waals surface area contributed by atoms with E-state index in [4.69, 9.17) is 0 Å². The lowest BCUT2D eigenvalue weighted by Gasteiger charge is -2.26. The van der Waals surface area contributed by atoms with Gasteiger partial charge < -0.3 is 10.2 Å². The van der Waals surface area contributed by atoms with E-state index in [0.717, 1.165) is 24.2 Å². The van der Waals surface area contributed by atoms with Gasteiger partial charge in [-0.05, 0) is 43.5 Å². The van der Waals surface area contributed by atoms with E-state index in [9.17, 15) is 8.78 Å². The van der Waals surface area contributed by atoms with Crippen LogP contribution in [-0.2, 0) is 6.42 Å². The molecule has 1 aromatic rings. The third kappa shape index (κ3) is 2.87. The molecule has 0 aliphatic carbocycles. The maximum absolute atomic E-state index is 12.3. The van der Waals surface area contributed by atoms with Gasteiger partial charge in [-0.25, -0.2) is 8.78 Å². The highest BCUT2D eigenvalue weighted by atomic mass is 19.3. The highest BCUT2D eigenvalue weighted by Gasteiger charge is 2.15. The van der Waals surface area contributed by atoms with Gasteiger partial charge >= 0.3 is 0 Å². The van der Waals surface area contributed by atoms with Crippen LogP contribution in [0, 0.1) is 0 Å². The van der Waals surface area contributed by atoms with Gasteiger partial charge in [-0.1, -0.05) is 0 Å². The van der Waals surface area contributed by atoms with Crippen molar-refractivity contribution in [3.05, 3.63) is 23.8 Å². The summed E-state index contributed by atoms with van der Waals surface area (Å²) in [6, 6.07) is 6.39. The molecule has 2 rings (SSSR count). The molecule has 0 saturated heterocycles. The molecular weight excluding hydrogens is 222 g/mol. The van der Waals surface area contributed by atoms with Gasteiger partial charge in [0.2, 0.25) is 0 Å². The van der Waals surface area contributed by atoms with E-state index >= 15 is 0 Å². The molecule has 0 radical (unpaired) electrons. The van der Waals surface area contributed by atoms with E-state index in [2.05, 4.69) is 12.2 Å². The van der Waals surface area contributed by atoms with Crippen LogP contribution in [0.2, 0.25) is 0 Å². The molecule has 2 nitrogen and oxygen atoms in total. The summed E-state index contributed by atoms with van der Waals surface area (Å²) in [4.78, 5) is 1.60. The molecule has 1 unspecified atom stereocenters. The lowest BCUT2D eigenvalue weighted by atomic mass is 9.98. The Morgan fingerprint density at radius 1 is 1.47 bits per heavy atom. The van der Waals surface area contributed by atoms with E-state index in [1.165, 1.54) is 5.56 Å². The van der Waals surface area contributed by atoms with Crippen LogP contribution in [0.1, 0.15) is 18.9 Å². The summed E-state index contributed by atoms with van der Waals surface area (Å²) < 4.78 is 24.6. The Morgan fingerprint density at radius 2 is 2.24 bits per heavy atom. The largest absolute Gasteiger partial charge is 0.382 e. The first kappa shape index (κ1) is 12.1. The topological polar surface area (TPSA) is 15.3 Å². The molecule has 4 heteroatoms. The highest BCUT2D eigenvalue weighted by molar-refractivity contribution is 5.62. The molecule has 0 bridgehead atoms. The van der Waals surface area contributed by atoms with E-state index in [-0.39, 0.29) is 6.54 Å². The zero-order valence-electron chi connectivity index (χ0n) is 10.2. The summed E-state index contributed by atoms with van der Waals surface area (Å²) in [7, 11) is 1.70. The van der Waals surface area contributed by atoms with Gasteiger partial charge in [0.25, 0.3) is 6.43 Å². The van der Waals surface area contributed by atoms with Crippen LogP contribution in [0.25, 0.3) is 0 Å². The Labute approximate surface area is 101 Å². The summed E-state index contributed by atoms with van der Waals surface area (Å²) in [6.07, 6.45) is -0.191. The molecule has 1 N–H and O–H groups in total. The minimum atomic E-state index is -2.30. The van der Waals surface area contributed by atoms with Crippen LogP contribution in [0.5, 0.6) is 0 Å². The summed E-state index contributed by atoms with van der Waals surface area (Å²) in [6.45, 7) is 1.93. The van der Waals surface area contributed by atoms with Crippen LogP contribution in [0.4, 0.5) is 20.2 Å². The van der Waals surface area contributed by atoms with E-state index in [0.29, 0.717) is 6.04 Å². The number of aryl methyl sites for hydroxylation is 1. The molecule has 1 atom stereocenters. The SMILES string of the molecule is CC1CCc2cc(N(C)CC(F)F)ccc2N1. The van der Waals surface area contributed by atoms with Gasteiger partial charge in [0.15, 0.2) is 0 Å². The fourth-order valence-corrected chi connectivity index (χ4v) is 2.19. The first-order chi connectivity index (χ1) is 8.06. The third-order valence-electron chi connectivity index (χ3n) is 3.19. The van der Waals surface area contributed by atoms with Crippen molar-refractivity contribution in [2.45, 2.75) is 32.2 Å². The molecule has 1 heterocycles. The summed E-state index contributed by atoms with van der Waals surface area (Å²) in [5, 5.41) is 3.40. The molecule has 94 valence electrons. The molecule has 0 saturated carbocycles. The predicted molar refractivity (Wildman–Crippen MR) is 67.1 cm³/mol. The van der Waals surface area contributed by atoms with Gasteiger partial charge in [0.05, 0.1) is 6.54 Å². The molecule has 17 heavy (non-hydrogen) atoms. The number of nitrogens with one attached hydrogen (secondary N) is 1. The normalized spacial score (nSPS) is 18.8. The first-order valence-corrected chi connectivity index (χ1v) is 5.95. The van der Waals surface area contributed by atoms with Crippen LogP contribution in [0.3, 0.4) is 0 Å². The Bertz CT molecular complexity index is 393. The summed E-state index contributed by atoms with van der Waals surface area (Å²) in [5.41, 5.74) is 3.22. The number of nitrogens with zero attached hydrogens (tertiary/aromatic N) is 1. The van der Waals surface area contributed by atoms with Crippen LogP contribution in [0.15, 0.2) is 18.2 Å². The van der Waals surface area contributed by atoms with Gasteiger partial charge in [0.1, 0.15) is 0 Å². The number of alkyl halides is 2. The van der Waals surface area contributed by atoms with Crippen molar-refractivity contribution in [3.8, 4) is 0 Å². The first-order valence-electron chi connectivity index (χ1n) is 5.95. The minimum Gasteiger partial charge on any atom is -0.382 e. The lowest BCUT2D eigenvalue weighted by molar-refractivity contribution is 0.156. The Hall–Kier alpha value is -1.32. The predicted octanol–water partition coefficient (Wildman–Crippen LogP) is 3.13. The average molecular weight is 240 g/mol. The second-order valence-electron chi connectivity index (χ2n) is 4.70. The maximum Gasteiger partial charge on any atom is 0.255 e. The number of rotatable bonds is 3. The van der Waals surface area contributed by atoms with E-state index < -0.39 is 6.43 Å². The molecule has 0 spiro atoms. The second kappa shape index (κ2) is 4.90. The fourth-order valence-electron chi connectivity index (χ4n) is 2.19. The number of anilines is 2. The lowest BCUT2D eigenvalue weighted by Crippen LogP contribution is -2.25. The number of fused-ring (bicyclic) bond motifs is 1. The molecular formula is C13H18F2N2. The van der Waals surface area contributed by atoms with Crippen molar-refractivity contribution in [1.29, 1.82) is 0 Å². The number of halogens is 2. The van der Waals surface area contributed by atoms with E-state index in [1.807, 2.05) is 18.2 Å². The molecule has 1 aromatic carbocycles. The smallest absolute Gasteiger partial charge is 0.255 e. The van der Waals surface area contributed by atoms with Crippen LogP contribution >= 0.6 is 0 Å². The molecule has 0 fully saturated rings. The number of hydrogen-bond donors (Lipinski definition) is 1. The van der Waals surface area contributed by atoms with Gasteiger partial charge in [-0.3, -0.25) is 0 Å². The van der Waals surface area contributed by atoms with Crippen molar-refractivity contribution in [1.82, 2.24) is 0 Å². The van der Waals surface area contributed by atoms with E-state index in [1.54, 1.807) is 11.9 Å². The second-order valence-corrected chi connectivity index (χ2v) is 4.70. The van der Waals surface area contributed by atoms with Gasteiger partial charge in [-0.2, -0.15) is 0 Å². The molecule has 0 amide bonds. The van der Waals surface area contributed by atoms with Gasteiger partial charge in [-0.15, -0.1) is 0 Å². The Balaban J connectivity index is 2.16. The van der Waals surface area contributed by atoms with Crippen LogP contribution < -0.4 is 10.2 Å². The average Bonchev–Trinajstić information content (AvgIpc) is 2.27. The number of benzene rings is 1. The monoisotopic (exact) mass is 240 g/mol. The third-order valence-corrected chi connectivity index (χ3v) is 3.19. The quantitative estimate of drug-likeness (QED) is 0.873. The van der Waals surface area contributed by atoms with Crippen LogP contribution in [-0.4, -0.2) is 26.1 Å². The fraction of sp³-hybridized carbons (Fsp3) is 0.538.